The summed E-state index contributed by atoms with van der Waals surface area (Å²) in [6.45, 7) is 0. The second-order valence-corrected chi connectivity index (χ2v) is 5.59. The molecule has 144 valence electrons. The largest absolute Gasteiger partial charge is 0.460 e. The molecule has 0 heterocycles. The summed E-state index contributed by atoms with van der Waals surface area (Å²) in [4.78, 5) is 0. The fraction of sp³-hybridized carbons (Fsp3) is 0.600. The first kappa shape index (κ1) is 21.6. The predicted molar refractivity (Wildman–Crippen MR) is 70.9 cm³/mol. The molecule has 0 aromatic heterocycles. The zero-order valence-corrected chi connectivity index (χ0v) is 12.6. The van der Waals surface area contributed by atoms with Crippen LogP contribution >= 0.6 is 0 Å². The van der Waals surface area contributed by atoms with Crippen molar-refractivity contribution in [1.82, 2.24) is 0 Å². The Morgan fingerprint density at radius 3 is 1.80 bits per heavy atom. The van der Waals surface area contributed by atoms with Gasteiger partial charge in [0.05, 0.1) is 6.10 Å². The molecule has 1 unspecified atom stereocenters. The van der Waals surface area contributed by atoms with E-state index in [0.717, 1.165) is 5.56 Å². The third kappa shape index (κ3) is 4.80. The fourth-order valence-electron chi connectivity index (χ4n) is 2.12. The molecule has 0 saturated carbocycles. The number of hydrogen-bond donors (Lipinski definition) is 1. The third-order valence-electron chi connectivity index (χ3n) is 3.55. The van der Waals surface area contributed by atoms with Crippen LogP contribution in [-0.4, -0.2) is 35.2 Å². The standard InChI is InChI=1S/C15H15F9O/c16-12(17,13(18,19)14(20,21)15(22,23)24)9-11(25)8-4-7-10-5-2-1-3-6-10/h1-3,5-6,11,25H,4,7-9H2. The van der Waals surface area contributed by atoms with E-state index in [2.05, 4.69) is 0 Å². The highest BCUT2D eigenvalue weighted by Crippen LogP contribution is 2.54. The SMILES string of the molecule is OC(CCCc1ccccc1)CC(F)(F)C(F)(F)C(F)(F)C(F)(F)F. The topological polar surface area (TPSA) is 20.2 Å². The lowest BCUT2D eigenvalue weighted by molar-refractivity contribution is -0.398. The minimum atomic E-state index is -6.92. The van der Waals surface area contributed by atoms with Gasteiger partial charge < -0.3 is 5.11 Å². The van der Waals surface area contributed by atoms with Gasteiger partial charge in [-0.05, 0) is 24.8 Å². The first-order valence-electron chi connectivity index (χ1n) is 7.14. The Morgan fingerprint density at radius 1 is 0.800 bits per heavy atom. The summed E-state index contributed by atoms with van der Waals surface area (Å²) < 4.78 is 114. The lowest BCUT2D eigenvalue weighted by atomic mass is 9.96. The summed E-state index contributed by atoms with van der Waals surface area (Å²) in [6.07, 6.45) is -11.3. The highest BCUT2D eigenvalue weighted by Gasteiger charge is 2.81. The van der Waals surface area contributed by atoms with Crippen molar-refractivity contribution in [2.75, 3.05) is 0 Å². The average molecular weight is 382 g/mol. The number of hydrogen-bond acceptors (Lipinski definition) is 1. The lowest BCUT2D eigenvalue weighted by Crippen LogP contribution is -2.61. The number of benzene rings is 1. The monoisotopic (exact) mass is 382 g/mol. The van der Waals surface area contributed by atoms with E-state index in [1.165, 1.54) is 0 Å². The van der Waals surface area contributed by atoms with E-state index in [4.69, 9.17) is 0 Å². The van der Waals surface area contributed by atoms with Crippen LogP contribution in [0.5, 0.6) is 0 Å². The van der Waals surface area contributed by atoms with Crippen LogP contribution in [0.3, 0.4) is 0 Å². The molecule has 1 aromatic rings. The van der Waals surface area contributed by atoms with E-state index in [1.807, 2.05) is 0 Å². The van der Waals surface area contributed by atoms with E-state index >= 15 is 0 Å². The molecule has 1 rings (SSSR count). The van der Waals surface area contributed by atoms with Gasteiger partial charge in [-0.2, -0.15) is 39.5 Å². The van der Waals surface area contributed by atoms with Crippen molar-refractivity contribution in [1.29, 1.82) is 0 Å². The van der Waals surface area contributed by atoms with Crippen molar-refractivity contribution in [3.63, 3.8) is 0 Å². The third-order valence-corrected chi connectivity index (χ3v) is 3.55. The minimum absolute atomic E-state index is 0.0580. The molecule has 0 fully saturated rings. The minimum Gasteiger partial charge on any atom is -0.393 e. The zero-order chi connectivity index (χ0) is 19.5. The Balaban J connectivity index is 2.69. The van der Waals surface area contributed by atoms with Gasteiger partial charge in [0.1, 0.15) is 0 Å². The molecule has 0 radical (unpaired) electrons. The Bertz CT molecular complexity index is 540. The molecule has 0 aliphatic heterocycles. The first-order valence-corrected chi connectivity index (χ1v) is 7.14. The molecule has 1 N–H and O–H groups in total. The Morgan fingerprint density at radius 2 is 1.32 bits per heavy atom. The van der Waals surface area contributed by atoms with Gasteiger partial charge in [-0.3, -0.25) is 0 Å². The fourth-order valence-corrected chi connectivity index (χ4v) is 2.12. The quantitative estimate of drug-likeness (QED) is 0.611. The van der Waals surface area contributed by atoms with Crippen LogP contribution in [0.25, 0.3) is 0 Å². The number of aliphatic hydroxyl groups is 1. The van der Waals surface area contributed by atoms with Crippen LogP contribution in [0.1, 0.15) is 24.8 Å². The molecule has 1 atom stereocenters. The van der Waals surface area contributed by atoms with Crippen molar-refractivity contribution in [3.05, 3.63) is 35.9 Å². The van der Waals surface area contributed by atoms with Gasteiger partial charge >= 0.3 is 23.9 Å². The van der Waals surface area contributed by atoms with Crippen molar-refractivity contribution in [2.24, 2.45) is 0 Å². The number of halogens is 9. The van der Waals surface area contributed by atoms with Gasteiger partial charge in [0.2, 0.25) is 0 Å². The smallest absolute Gasteiger partial charge is 0.393 e. The summed E-state index contributed by atoms with van der Waals surface area (Å²) in [5.74, 6) is -19.3. The summed E-state index contributed by atoms with van der Waals surface area (Å²) in [6, 6.07) is 8.43. The average Bonchev–Trinajstić information content (AvgIpc) is 2.46. The molecule has 25 heavy (non-hydrogen) atoms. The van der Waals surface area contributed by atoms with Gasteiger partial charge in [0.15, 0.2) is 0 Å². The van der Waals surface area contributed by atoms with Crippen molar-refractivity contribution in [2.45, 2.75) is 55.7 Å². The lowest BCUT2D eigenvalue weighted by Gasteiger charge is -2.34. The molecule has 10 heteroatoms. The zero-order valence-electron chi connectivity index (χ0n) is 12.6. The van der Waals surface area contributed by atoms with E-state index < -0.39 is 42.9 Å². The van der Waals surface area contributed by atoms with Crippen molar-refractivity contribution >= 4 is 0 Å². The summed E-state index contributed by atoms with van der Waals surface area (Å²) >= 11 is 0. The molecule has 0 spiro atoms. The van der Waals surface area contributed by atoms with Gasteiger partial charge in [-0.1, -0.05) is 30.3 Å². The summed E-state index contributed by atoms with van der Waals surface area (Å²) in [5.41, 5.74) is 0.760. The molecular weight excluding hydrogens is 367 g/mol. The maximum atomic E-state index is 13.3. The number of alkyl halides is 9. The molecule has 0 aliphatic rings. The molecular formula is C15H15F9O. The Hall–Kier alpha value is -1.45. The maximum absolute atomic E-state index is 13.3. The molecule has 1 aromatic carbocycles. The first-order chi connectivity index (χ1) is 11.2. The van der Waals surface area contributed by atoms with Gasteiger partial charge in [0, 0.05) is 6.42 Å². The van der Waals surface area contributed by atoms with E-state index in [0.29, 0.717) is 6.42 Å². The van der Waals surface area contributed by atoms with Gasteiger partial charge in [-0.25, -0.2) is 0 Å². The molecule has 0 saturated heterocycles. The van der Waals surface area contributed by atoms with E-state index in [9.17, 15) is 44.6 Å². The predicted octanol–water partition coefficient (Wildman–Crippen LogP) is 5.23. The molecule has 1 nitrogen and oxygen atoms in total. The Kier molecular flexibility index (Phi) is 6.41. The normalized spacial score (nSPS) is 15.3. The number of aryl methyl sites for hydroxylation is 1. The second-order valence-electron chi connectivity index (χ2n) is 5.59. The van der Waals surface area contributed by atoms with Crippen LogP contribution in [0, 0.1) is 0 Å². The van der Waals surface area contributed by atoms with Gasteiger partial charge in [0.25, 0.3) is 0 Å². The van der Waals surface area contributed by atoms with Gasteiger partial charge in [-0.15, -0.1) is 0 Å². The summed E-state index contributed by atoms with van der Waals surface area (Å²) in [5, 5.41) is 9.36. The number of aliphatic hydroxyl groups excluding tert-OH is 1. The molecule has 0 bridgehead atoms. The van der Waals surface area contributed by atoms with E-state index in [1.54, 1.807) is 30.3 Å². The highest BCUT2D eigenvalue weighted by molar-refractivity contribution is 5.14. The van der Waals surface area contributed by atoms with Crippen LogP contribution < -0.4 is 0 Å². The second kappa shape index (κ2) is 7.43. The molecule has 0 aliphatic carbocycles. The highest BCUT2D eigenvalue weighted by atomic mass is 19.4. The number of rotatable bonds is 8. The molecule has 0 amide bonds. The van der Waals surface area contributed by atoms with Crippen molar-refractivity contribution < 1.29 is 44.6 Å². The van der Waals surface area contributed by atoms with E-state index in [-0.39, 0.29) is 6.42 Å². The Labute approximate surface area is 137 Å². The van der Waals surface area contributed by atoms with Crippen LogP contribution in [-0.2, 0) is 6.42 Å². The van der Waals surface area contributed by atoms with Crippen LogP contribution in [0.15, 0.2) is 30.3 Å². The summed E-state index contributed by atoms with van der Waals surface area (Å²) in [7, 11) is 0. The van der Waals surface area contributed by atoms with Crippen LogP contribution in [0.2, 0.25) is 0 Å². The van der Waals surface area contributed by atoms with Crippen molar-refractivity contribution in [3.8, 4) is 0 Å². The van der Waals surface area contributed by atoms with Crippen LogP contribution in [0.4, 0.5) is 39.5 Å². The maximum Gasteiger partial charge on any atom is 0.460 e.